The van der Waals surface area contributed by atoms with Crippen molar-refractivity contribution in [1.82, 2.24) is 14.9 Å². The van der Waals surface area contributed by atoms with Gasteiger partial charge in [0.1, 0.15) is 11.9 Å². The van der Waals surface area contributed by atoms with Gasteiger partial charge in [-0.25, -0.2) is 9.97 Å². The largest absolute Gasteiger partial charge is 0.477 e. The third kappa shape index (κ3) is 2.57. The lowest BCUT2D eigenvalue weighted by molar-refractivity contribution is -0.122. The fraction of sp³-hybridized carbons (Fsp3) is 0.438. The summed E-state index contributed by atoms with van der Waals surface area (Å²) in [5.74, 6) is 0.750. The van der Waals surface area contributed by atoms with Gasteiger partial charge in [0.05, 0.1) is 19.7 Å². The Morgan fingerprint density at radius 2 is 2.30 bits per heavy atom. The van der Waals surface area contributed by atoms with Gasteiger partial charge < -0.3 is 18.8 Å². The molecule has 1 amide bonds. The van der Waals surface area contributed by atoms with Gasteiger partial charge >= 0.3 is 0 Å². The highest BCUT2D eigenvalue weighted by Crippen LogP contribution is 2.40. The Kier molecular flexibility index (Phi) is 3.49. The minimum Gasteiger partial charge on any atom is -0.477 e. The maximum atomic E-state index is 12.2. The number of aromatic nitrogens is 2. The summed E-state index contributed by atoms with van der Waals surface area (Å²) in [6.45, 7) is 2.37. The number of carbonyl (C=O) groups excluding carboxylic acids is 1. The van der Waals surface area contributed by atoms with E-state index in [1.165, 1.54) is 12.7 Å². The molecule has 2 aromatic heterocycles. The van der Waals surface area contributed by atoms with E-state index in [0.29, 0.717) is 37.9 Å². The van der Waals surface area contributed by atoms with Gasteiger partial charge in [0, 0.05) is 24.8 Å². The molecule has 0 aromatic carbocycles. The molecule has 7 nitrogen and oxygen atoms in total. The van der Waals surface area contributed by atoms with Crippen molar-refractivity contribution in [3.63, 3.8) is 0 Å². The van der Waals surface area contributed by atoms with Crippen LogP contribution in [-0.4, -0.2) is 52.7 Å². The van der Waals surface area contributed by atoms with Gasteiger partial charge in [0.25, 0.3) is 5.91 Å². The fourth-order valence-electron chi connectivity index (χ4n) is 3.21. The van der Waals surface area contributed by atoms with Gasteiger partial charge in [-0.1, -0.05) is 6.07 Å². The number of hydrogen-bond donors (Lipinski definition) is 0. The van der Waals surface area contributed by atoms with Crippen LogP contribution in [0.4, 0.5) is 0 Å². The van der Waals surface area contributed by atoms with Crippen molar-refractivity contribution in [3.8, 4) is 5.88 Å². The molecule has 1 spiro atoms. The van der Waals surface area contributed by atoms with Gasteiger partial charge in [-0.3, -0.25) is 4.79 Å². The zero-order valence-corrected chi connectivity index (χ0v) is 12.6. The number of ether oxygens (including phenoxy) is 2. The van der Waals surface area contributed by atoms with Crippen molar-refractivity contribution in [1.29, 1.82) is 0 Å². The molecule has 0 N–H and O–H groups in total. The Hall–Kier alpha value is -2.41. The molecule has 2 aromatic rings. The number of amides is 1. The Morgan fingerprint density at radius 3 is 3.04 bits per heavy atom. The van der Waals surface area contributed by atoms with Crippen LogP contribution in [0.5, 0.6) is 5.88 Å². The summed E-state index contributed by atoms with van der Waals surface area (Å²) in [4.78, 5) is 22.0. The second kappa shape index (κ2) is 5.66. The van der Waals surface area contributed by atoms with Crippen LogP contribution >= 0.6 is 0 Å². The molecular formula is C16H17N3O4. The molecule has 1 atom stereocenters. The number of pyridine rings is 1. The molecule has 0 aliphatic carbocycles. The second-order valence-electron chi connectivity index (χ2n) is 5.91. The summed E-state index contributed by atoms with van der Waals surface area (Å²) in [7, 11) is 0. The fourth-order valence-corrected chi connectivity index (χ4v) is 3.21. The Bertz CT molecular complexity index is 668. The number of hydrogen-bond acceptors (Lipinski definition) is 6. The first kappa shape index (κ1) is 14.2. The second-order valence-corrected chi connectivity index (χ2v) is 5.91. The van der Waals surface area contributed by atoms with E-state index >= 15 is 0 Å². The number of oxazole rings is 1. The van der Waals surface area contributed by atoms with Crippen molar-refractivity contribution in [3.05, 3.63) is 42.7 Å². The van der Waals surface area contributed by atoms with Gasteiger partial charge in [-0.15, -0.1) is 0 Å². The SMILES string of the molecule is O=C(c1cocn1)N1CC2(C1)OCC[C@@H]2COc1ccccn1. The quantitative estimate of drug-likeness (QED) is 0.848. The Labute approximate surface area is 133 Å². The lowest BCUT2D eigenvalue weighted by Crippen LogP contribution is -2.66. The minimum absolute atomic E-state index is 0.121. The minimum atomic E-state index is -0.297. The molecule has 2 fully saturated rings. The molecule has 0 radical (unpaired) electrons. The molecule has 4 rings (SSSR count). The first-order valence-corrected chi connectivity index (χ1v) is 7.62. The van der Waals surface area contributed by atoms with Gasteiger partial charge in [0.2, 0.25) is 5.88 Å². The summed E-state index contributed by atoms with van der Waals surface area (Å²) in [6.07, 6.45) is 5.26. The third-order valence-electron chi connectivity index (χ3n) is 4.53. The average Bonchev–Trinajstić information content (AvgIpc) is 3.21. The van der Waals surface area contributed by atoms with Crippen LogP contribution in [0.2, 0.25) is 0 Å². The molecule has 4 heterocycles. The normalized spacial score (nSPS) is 22.1. The van der Waals surface area contributed by atoms with Crippen molar-refractivity contribution in [2.75, 3.05) is 26.3 Å². The summed E-state index contributed by atoms with van der Waals surface area (Å²) in [5, 5.41) is 0. The predicted octanol–water partition coefficient (Wildman–Crippen LogP) is 1.38. The Balaban J connectivity index is 1.36. The van der Waals surface area contributed by atoms with E-state index in [-0.39, 0.29) is 17.4 Å². The van der Waals surface area contributed by atoms with Crippen molar-refractivity contribution >= 4 is 5.91 Å². The molecule has 2 aliphatic heterocycles. The third-order valence-corrected chi connectivity index (χ3v) is 4.53. The van der Waals surface area contributed by atoms with Gasteiger partial charge in [-0.05, 0) is 12.5 Å². The lowest BCUT2D eigenvalue weighted by atomic mass is 9.81. The molecule has 7 heteroatoms. The molecule has 2 aliphatic rings. The molecule has 0 saturated carbocycles. The standard InChI is InChI=1S/C16H17N3O4/c20-15(13-8-21-11-18-13)19-9-16(10-19)12(4-6-23-16)7-22-14-3-1-2-5-17-14/h1-3,5,8,11-12H,4,6-7,9-10H2/t12-/m1/s1. The van der Waals surface area contributed by atoms with Crippen LogP contribution in [0, 0.1) is 5.92 Å². The maximum absolute atomic E-state index is 12.2. The average molecular weight is 315 g/mol. The molecule has 23 heavy (non-hydrogen) atoms. The maximum Gasteiger partial charge on any atom is 0.276 e. The number of carbonyl (C=O) groups is 1. The molecule has 2 saturated heterocycles. The van der Waals surface area contributed by atoms with Crippen molar-refractivity contribution in [2.45, 2.75) is 12.0 Å². The zero-order chi connectivity index (χ0) is 15.7. The van der Waals surface area contributed by atoms with Crippen LogP contribution in [0.15, 0.2) is 41.5 Å². The lowest BCUT2D eigenvalue weighted by Gasteiger charge is -2.49. The number of rotatable bonds is 4. The molecule has 0 bridgehead atoms. The number of nitrogens with zero attached hydrogens (tertiary/aromatic N) is 3. The zero-order valence-electron chi connectivity index (χ0n) is 12.6. The van der Waals surface area contributed by atoms with E-state index in [1.807, 2.05) is 18.2 Å². The molecule has 120 valence electrons. The van der Waals surface area contributed by atoms with E-state index in [2.05, 4.69) is 9.97 Å². The number of likely N-dealkylation sites (tertiary alicyclic amines) is 1. The van der Waals surface area contributed by atoms with Crippen LogP contribution in [0.25, 0.3) is 0 Å². The first-order valence-electron chi connectivity index (χ1n) is 7.62. The van der Waals surface area contributed by atoms with Gasteiger partial charge in [-0.2, -0.15) is 0 Å². The highest BCUT2D eigenvalue weighted by atomic mass is 16.5. The van der Waals surface area contributed by atoms with E-state index < -0.39 is 0 Å². The monoisotopic (exact) mass is 315 g/mol. The van der Waals surface area contributed by atoms with Crippen LogP contribution < -0.4 is 4.74 Å². The summed E-state index contributed by atoms with van der Waals surface area (Å²) < 4.78 is 16.6. The van der Waals surface area contributed by atoms with Gasteiger partial charge in [0.15, 0.2) is 12.1 Å². The topological polar surface area (TPSA) is 77.7 Å². The summed E-state index contributed by atoms with van der Waals surface area (Å²) in [5.41, 5.74) is 0.0351. The summed E-state index contributed by atoms with van der Waals surface area (Å²) in [6, 6.07) is 5.58. The van der Waals surface area contributed by atoms with Crippen molar-refractivity contribution in [2.24, 2.45) is 5.92 Å². The summed E-state index contributed by atoms with van der Waals surface area (Å²) >= 11 is 0. The highest BCUT2D eigenvalue weighted by Gasteiger charge is 2.55. The predicted molar refractivity (Wildman–Crippen MR) is 78.9 cm³/mol. The van der Waals surface area contributed by atoms with Crippen LogP contribution in [0.1, 0.15) is 16.9 Å². The van der Waals surface area contributed by atoms with E-state index in [4.69, 9.17) is 13.9 Å². The van der Waals surface area contributed by atoms with E-state index in [9.17, 15) is 4.79 Å². The highest BCUT2D eigenvalue weighted by molar-refractivity contribution is 5.92. The first-order chi connectivity index (χ1) is 11.3. The molecule has 0 unspecified atom stereocenters. The van der Waals surface area contributed by atoms with Crippen LogP contribution in [0.3, 0.4) is 0 Å². The molecular weight excluding hydrogens is 298 g/mol. The van der Waals surface area contributed by atoms with Crippen LogP contribution in [-0.2, 0) is 4.74 Å². The van der Waals surface area contributed by atoms with E-state index in [1.54, 1.807) is 11.1 Å². The van der Waals surface area contributed by atoms with E-state index in [0.717, 1.165) is 6.42 Å². The smallest absolute Gasteiger partial charge is 0.276 e. The van der Waals surface area contributed by atoms with Crippen molar-refractivity contribution < 1.29 is 18.7 Å². The Morgan fingerprint density at radius 1 is 1.39 bits per heavy atom.